The number of aliphatic imine (C=N–C) groups is 1. The summed E-state index contributed by atoms with van der Waals surface area (Å²) in [6.07, 6.45) is 5.54. The van der Waals surface area contributed by atoms with Crippen LogP contribution < -0.4 is 10.6 Å². The molecule has 2 heterocycles. The third-order valence-corrected chi connectivity index (χ3v) is 4.55. The van der Waals surface area contributed by atoms with Crippen molar-refractivity contribution in [3.63, 3.8) is 0 Å². The minimum absolute atomic E-state index is 0.284. The molecule has 29 heavy (non-hydrogen) atoms. The first-order valence-corrected chi connectivity index (χ1v) is 9.81. The second-order valence-corrected chi connectivity index (χ2v) is 7.29. The van der Waals surface area contributed by atoms with Gasteiger partial charge in [0.1, 0.15) is 17.1 Å². The van der Waals surface area contributed by atoms with E-state index >= 15 is 0 Å². The van der Waals surface area contributed by atoms with E-state index in [-0.39, 0.29) is 6.54 Å². The fourth-order valence-corrected chi connectivity index (χ4v) is 3.00. The van der Waals surface area contributed by atoms with E-state index in [2.05, 4.69) is 38.8 Å². The van der Waals surface area contributed by atoms with E-state index in [1.54, 1.807) is 19.2 Å². The van der Waals surface area contributed by atoms with Gasteiger partial charge in [-0.05, 0) is 44.0 Å². The summed E-state index contributed by atoms with van der Waals surface area (Å²) in [5, 5.41) is 17.1. The van der Waals surface area contributed by atoms with Crippen LogP contribution in [-0.2, 0) is 18.7 Å². The fourth-order valence-electron chi connectivity index (χ4n) is 3.00. The summed E-state index contributed by atoms with van der Waals surface area (Å²) in [6.45, 7) is 7.93. The summed E-state index contributed by atoms with van der Waals surface area (Å²) >= 11 is 0. The normalized spacial score (nSPS) is 13.9. The van der Waals surface area contributed by atoms with Crippen LogP contribution in [0.1, 0.15) is 36.5 Å². The zero-order valence-corrected chi connectivity index (χ0v) is 17.2. The zero-order valence-electron chi connectivity index (χ0n) is 17.2. The molecule has 1 unspecified atom stereocenters. The van der Waals surface area contributed by atoms with Crippen LogP contribution in [0.2, 0.25) is 0 Å². The molecule has 0 saturated heterocycles. The monoisotopic (exact) mass is 395 g/mol. The van der Waals surface area contributed by atoms with E-state index < -0.39 is 5.60 Å². The summed E-state index contributed by atoms with van der Waals surface area (Å²) in [5.74, 6) is 1.96. The van der Waals surface area contributed by atoms with Gasteiger partial charge in [-0.25, -0.2) is 9.98 Å². The highest BCUT2D eigenvalue weighted by Gasteiger charge is 2.27. The molecular weight excluding hydrogens is 366 g/mol. The van der Waals surface area contributed by atoms with Crippen LogP contribution in [0, 0.1) is 6.92 Å². The van der Waals surface area contributed by atoms with E-state index in [0.717, 1.165) is 24.4 Å². The molecule has 0 aliphatic rings. The number of furan rings is 1. The molecule has 2 aromatic heterocycles. The Morgan fingerprint density at radius 1 is 1.24 bits per heavy atom. The number of rotatable bonds is 8. The van der Waals surface area contributed by atoms with Crippen molar-refractivity contribution >= 4 is 5.96 Å². The summed E-state index contributed by atoms with van der Waals surface area (Å²) in [5.41, 5.74) is 1.19. The lowest BCUT2D eigenvalue weighted by Gasteiger charge is -2.22. The van der Waals surface area contributed by atoms with Crippen molar-refractivity contribution in [3.8, 4) is 0 Å². The molecule has 3 aromatic rings. The molecule has 7 nitrogen and oxygen atoms in total. The van der Waals surface area contributed by atoms with Gasteiger partial charge in [-0.3, -0.25) is 0 Å². The summed E-state index contributed by atoms with van der Waals surface area (Å²) < 4.78 is 7.60. The number of aliphatic hydroxyl groups is 1. The highest BCUT2D eigenvalue weighted by atomic mass is 16.4. The lowest BCUT2D eigenvalue weighted by Crippen LogP contribution is -2.44. The molecule has 154 valence electrons. The van der Waals surface area contributed by atoms with Gasteiger partial charge in [0, 0.05) is 25.5 Å². The number of imidazole rings is 1. The minimum atomic E-state index is -1.13. The Morgan fingerprint density at radius 3 is 2.76 bits per heavy atom. The van der Waals surface area contributed by atoms with E-state index in [9.17, 15) is 5.11 Å². The average Bonchev–Trinajstić information content (AvgIpc) is 3.36. The Labute approximate surface area is 171 Å². The molecular formula is C22H29N5O2. The van der Waals surface area contributed by atoms with Gasteiger partial charge in [0.05, 0.1) is 19.4 Å². The van der Waals surface area contributed by atoms with Crippen LogP contribution in [0.5, 0.6) is 0 Å². The topological polar surface area (TPSA) is 87.6 Å². The fraction of sp³-hybridized carbons (Fsp3) is 0.364. The van der Waals surface area contributed by atoms with Crippen LogP contribution in [0.15, 0.2) is 64.5 Å². The van der Waals surface area contributed by atoms with Gasteiger partial charge in [-0.2, -0.15) is 0 Å². The number of nitrogens with zero attached hydrogens (tertiary/aromatic N) is 3. The second kappa shape index (κ2) is 9.43. The number of aryl methyl sites for hydroxylation is 1. The Hall–Kier alpha value is -3.06. The average molecular weight is 396 g/mol. The number of nitrogens with one attached hydrogen (secondary N) is 2. The minimum Gasteiger partial charge on any atom is -0.463 e. The van der Waals surface area contributed by atoms with Crippen LogP contribution in [0.4, 0.5) is 0 Å². The maximum atomic E-state index is 10.7. The lowest BCUT2D eigenvalue weighted by molar-refractivity contribution is 0.0378. The molecule has 0 aliphatic carbocycles. The molecule has 7 heteroatoms. The molecule has 0 fully saturated rings. The van der Waals surface area contributed by atoms with Gasteiger partial charge in [0.2, 0.25) is 0 Å². The zero-order chi connectivity index (χ0) is 20.7. The standard InChI is InChI=1S/C22H29N5O2/c1-4-24-21(26-15-22(3,28)20-9-8-17(2)29-20)25-13-18-6-5-7-19(12-18)14-27-11-10-23-16-27/h5-12,16,28H,4,13-15H2,1-3H3,(H2,24,25,26). The molecule has 0 aliphatic heterocycles. The highest BCUT2D eigenvalue weighted by molar-refractivity contribution is 5.79. The maximum Gasteiger partial charge on any atom is 0.191 e. The van der Waals surface area contributed by atoms with Gasteiger partial charge < -0.3 is 24.7 Å². The maximum absolute atomic E-state index is 10.7. The number of guanidine groups is 1. The Bertz CT molecular complexity index is 928. The van der Waals surface area contributed by atoms with Crippen molar-refractivity contribution in [3.05, 3.63) is 77.8 Å². The quantitative estimate of drug-likeness (QED) is 0.403. The molecule has 1 atom stereocenters. The summed E-state index contributed by atoms with van der Waals surface area (Å²) in [4.78, 5) is 8.74. The first-order chi connectivity index (χ1) is 14.0. The molecule has 3 N–H and O–H groups in total. The SMILES string of the molecule is CCNC(=NCc1cccc(Cn2ccnc2)c1)NCC(C)(O)c1ccc(C)o1. The van der Waals surface area contributed by atoms with Crippen LogP contribution >= 0.6 is 0 Å². The predicted octanol–water partition coefficient (Wildman–Crippen LogP) is 2.80. The van der Waals surface area contributed by atoms with Gasteiger partial charge in [0.15, 0.2) is 5.96 Å². The van der Waals surface area contributed by atoms with Crippen LogP contribution in [0.25, 0.3) is 0 Å². The Kier molecular flexibility index (Phi) is 6.72. The smallest absolute Gasteiger partial charge is 0.191 e. The number of hydrogen-bond acceptors (Lipinski definition) is 4. The molecule has 0 saturated carbocycles. The van der Waals surface area contributed by atoms with E-state index in [4.69, 9.17) is 4.42 Å². The van der Waals surface area contributed by atoms with Crippen molar-refractivity contribution in [2.24, 2.45) is 4.99 Å². The molecule has 0 bridgehead atoms. The van der Waals surface area contributed by atoms with Crippen molar-refractivity contribution in [1.82, 2.24) is 20.2 Å². The Balaban J connectivity index is 1.63. The van der Waals surface area contributed by atoms with Gasteiger partial charge in [-0.15, -0.1) is 0 Å². The van der Waals surface area contributed by atoms with Crippen molar-refractivity contribution < 1.29 is 9.52 Å². The first-order valence-electron chi connectivity index (χ1n) is 9.81. The van der Waals surface area contributed by atoms with Gasteiger partial charge >= 0.3 is 0 Å². The summed E-state index contributed by atoms with van der Waals surface area (Å²) in [7, 11) is 0. The van der Waals surface area contributed by atoms with Gasteiger partial charge in [0.25, 0.3) is 0 Å². The highest BCUT2D eigenvalue weighted by Crippen LogP contribution is 2.21. The van der Waals surface area contributed by atoms with E-state index in [0.29, 0.717) is 18.3 Å². The third-order valence-electron chi connectivity index (χ3n) is 4.55. The first kappa shape index (κ1) is 20.7. The van der Waals surface area contributed by atoms with Gasteiger partial charge in [-0.1, -0.05) is 24.3 Å². The van der Waals surface area contributed by atoms with Crippen LogP contribution in [0.3, 0.4) is 0 Å². The molecule has 3 rings (SSSR count). The number of benzene rings is 1. The van der Waals surface area contributed by atoms with E-state index in [1.807, 2.05) is 43.1 Å². The molecule has 1 aromatic carbocycles. The van der Waals surface area contributed by atoms with Crippen molar-refractivity contribution in [2.45, 2.75) is 39.5 Å². The lowest BCUT2D eigenvalue weighted by atomic mass is 10.0. The number of hydrogen-bond donors (Lipinski definition) is 3. The summed E-state index contributed by atoms with van der Waals surface area (Å²) in [6, 6.07) is 12.0. The van der Waals surface area contributed by atoms with E-state index in [1.165, 1.54) is 5.56 Å². The molecule has 0 spiro atoms. The Morgan fingerprint density at radius 2 is 2.07 bits per heavy atom. The van der Waals surface area contributed by atoms with Crippen molar-refractivity contribution in [1.29, 1.82) is 0 Å². The van der Waals surface area contributed by atoms with Crippen molar-refractivity contribution in [2.75, 3.05) is 13.1 Å². The second-order valence-electron chi connectivity index (χ2n) is 7.29. The predicted molar refractivity (Wildman–Crippen MR) is 114 cm³/mol. The third kappa shape index (κ3) is 5.96. The van der Waals surface area contributed by atoms with Crippen LogP contribution in [-0.4, -0.2) is 33.7 Å². The largest absolute Gasteiger partial charge is 0.463 e. The number of aromatic nitrogens is 2. The molecule has 0 radical (unpaired) electrons. The molecule has 0 amide bonds.